The van der Waals surface area contributed by atoms with Crippen LogP contribution in [0.5, 0.6) is 0 Å². The molecule has 0 spiro atoms. The standard InChI is InChI=1S/C14H36N2O11S2Si2/c1-25-30(23,13-5-9-15-7-3-11-28(17,18)19)27-31(24,26-2)14-6-10-16-8-4-12-29(20,21)22/h15-16,23-24H,3-14H2,1-2H3,(H,17,18,19)(H,20,21,22). The molecule has 0 saturated carbocycles. The third kappa shape index (κ3) is 18.1. The second-order valence-corrected chi connectivity index (χ2v) is 15.6. The minimum absolute atomic E-state index is 0.175. The highest BCUT2D eigenvalue weighted by atomic mass is 32.2. The Labute approximate surface area is 186 Å². The quantitative estimate of drug-likeness (QED) is 0.0677. The molecule has 0 saturated heterocycles. The molecule has 0 aromatic heterocycles. The van der Waals surface area contributed by atoms with Crippen molar-refractivity contribution in [3.63, 3.8) is 0 Å². The van der Waals surface area contributed by atoms with Crippen LogP contribution in [0.3, 0.4) is 0 Å². The molecule has 0 bridgehead atoms. The Hall–Kier alpha value is -0.0262. The van der Waals surface area contributed by atoms with E-state index in [0.717, 1.165) is 0 Å². The summed E-state index contributed by atoms with van der Waals surface area (Å²) < 4.78 is 79.0. The molecule has 2 unspecified atom stereocenters. The molecule has 188 valence electrons. The van der Waals surface area contributed by atoms with Gasteiger partial charge in [0.2, 0.25) is 0 Å². The lowest BCUT2D eigenvalue weighted by atomic mass is 10.4. The highest BCUT2D eigenvalue weighted by Crippen LogP contribution is 2.20. The zero-order valence-electron chi connectivity index (χ0n) is 18.0. The molecule has 0 aromatic carbocycles. The molecule has 0 heterocycles. The molecule has 13 nitrogen and oxygen atoms in total. The van der Waals surface area contributed by atoms with E-state index < -0.39 is 49.4 Å². The van der Waals surface area contributed by atoms with Crippen molar-refractivity contribution in [2.24, 2.45) is 0 Å². The van der Waals surface area contributed by atoms with E-state index in [1.165, 1.54) is 14.2 Å². The maximum absolute atomic E-state index is 10.6. The van der Waals surface area contributed by atoms with E-state index in [1.54, 1.807) is 0 Å². The first-order valence-electron chi connectivity index (χ1n) is 10.00. The van der Waals surface area contributed by atoms with Gasteiger partial charge in [0.25, 0.3) is 0 Å². The molecular formula is C14H36N2O11S2Si2. The normalized spacial score (nSPS) is 16.7. The van der Waals surface area contributed by atoms with Crippen LogP contribution in [-0.2, 0) is 33.2 Å². The Morgan fingerprint density at radius 1 is 0.710 bits per heavy atom. The largest absolute Gasteiger partial charge is 0.748 e. The lowest BCUT2D eigenvalue weighted by molar-refractivity contribution is -0.654. The van der Waals surface area contributed by atoms with Gasteiger partial charge in [-0.1, -0.05) is 0 Å². The van der Waals surface area contributed by atoms with Gasteiger partial charge in [-0.05, 0) is 0 Å². The molecule has 6 N–H and O–H groups in total. The molecule has 0 rings (SSSR count). The van der Waals surface area contributed by atoms with E-state index in [0.29, 0.717) is 39.0 Å². The second kappa shape index (κ2) is 15.0. The van der Waals surface area contributed by atoms with Gasteiger partial charge in [-0.15, -0.1) is 0 Å². The fourth-order valence-electron chi connectivity index (χ4n) is 2.68. The number of nitrogens with two attached hydrogens (primary N) is 2. The fraction of sp³-hybridized carbons (Fsp3) is 1.00. The predicted octanol–water partition coefficient (Wildman–Crippen LogP) is -4.06. The number of quaternary nitrogens is 2. The summed E-state index contributed by atoms with van der Waals surface area (Å²) in [6.45, 7) is 2.04. The Morgan fingerprint density at radius 2 is 1.03 bits per heavy atom. The van der Waals surface area contributed by atoms with Gasteiger partial charge in [-0.2, -0.15) is 0 Å². The molecule has 0 aliphatic heterocycles. The Kier molecular flexibility index (Phi) is 15.0. The first kappa shape index (κ1) is 31.0. The zero-order chi connectivity index (χ0) is 24.0. The SMILES string of the molecule is CO[Si](O)(CCC[NH2+]CCCS(=O)(=O)[O-])O[Si](O)(CCC[NH2+]CCCS(=O)(=O)[O-])OC. The average molecular weight is 529 g/mol. The first-order chi connectivity index (χ1) is 14.2. The zero-order valence-corrected chi connectivity index (χ0v) is 21.7. The maximum atomic E-state index is 10.6. The summed E-state index contributed by atoms with van der Waals surface area (Å²) >= 11 is 0. The molecule has 0 fully saturated rings. The van der Waals surface area contributed by atoms with E-state index in [9.17, 15) is 35.5 Å². The van der Waals surface area contributed by atoms with E-state index in [4.69, 9.17) is 13.0 Å². The van der Waals surface area contributed by atoms with Crippen LogP contribution < -0.4 is 10.6 Å². The van der Waals surface area contributed by atoms with Crippen molar-refractivity contribution in [3.8, 4) is 0 Å². The summed E-state index contributed by atoms with van der Waals surface area (Å²) in [5.74, 6) is -0.823. The summed E-state index contributed by atoms with van der Waals surface area (Å²) in [7, 11) is -13.2. The van der Waals surface area contributed by atoms with Crippen LogP contribution in [0.2, 0.25) is 12.1 Å². The molecule has 2 atom stereocenters. The van der Waals surface area contributed by atoms with Crippen molar-refractivity contribution in [2.75, 3.05) is 51.9 Å². The van der Waals surface area contributed by atoms with Crippen LogP contribution in [0, 0.1) is 0 Å². The highest BCUT2D eigenvalue weighted by Gasteiger charge is 2.48. The van der Waals surface area contributed by atoms with Crippen LogP contribution >= 0.6 is 0 Å². The minimum atomic E-state index is -4.21. The van der Waals surface area contributed by atoms with Crippen molar-refractivity contribution in [3.05, 3.63) is 0 Å². The molecule has 0 aliphatic rings. The van der Waals surface area contributed by atoms with Gasteiger partial charge in [-0.25, -0.2) is 16.8 Å². The van der Waals surface area contributed by atoms with Crippen molar-refractivity contribution >= 4 is 37.8 Å². The molecule has 31 heavy (non-hydrogen) atoms. The molecule has 0 aliphatic carbocycles. The van der Waals surface area contributed by atoms with Gasteiger partial charge in [0.15, 0.2) is 0 Å². The predicted molar refractivity (Wildman–Crippen MR) is 112 cm³/mol. The molecule has 0 amide bonds. The molecule has 0 radical (unpaired) electrons. The third-order valence-electron chi connectivity index (χ3n) is 4.36. The van der Waals surface area contributed by atoms with Gasteiger partial charge in [0.1, 0.15) is 0 Å². The molecular weight excluding hydrogens is 492 g/mol. The number of rotatable bonds is 20. The second-order valence-electron chi connectivity index (χ2n) is 7.11. The van der Waals surface area contributed by atoms with Crippen LogP contribution in [0.15, 0.2) is 0 Å². The van der Waals surface area contributed by atoms with Gasteiger partial charge >= 0.3 is 17.6 Å². The van der Waals surface area contributed by atoms with Gasteiger partial charge in [0.05, 0.1) is 46.4 Å². The van der Waals surface area contributed by atoms with Gasteiger partial charge in [0, 0.05) is 63.5 Å². The Balaban J connectivity index is 4.23. The third-order valence-corrected chi connectivity index (χ3v) is 11.7. The topological polar surface area (TPSA) is 216 Å². The summed E-state index contributed by atoms with van der Waals surface area (Å²) in [6.07, 6.45) is 1.47. The summed E-state index contributed by atoms with van der Waals surface area (Å²) in [5.41, 5.74) is 0. The summed E-state index contributed by atoms with van der Waals surface area (Å²) in [5, 5.41) is 3.65. The summed E-state index contributed by atoms with van der Waals surface area (Å²) in [6, 6.07) is 0.350. The lowest BCUT2D eigenvalue weighted by Crippen LogP contribution is -2.84. The minimum Gasteiger partial charge on any atom is -0.748 e. The van der Waals surface area contributed by atoms with E-state index in [-0.39, 0.29) is 24.9 Å². The Bertz CT molecular complexity index is 640. The highest BCUT2D eigenvalue weighted by molar-refractivity contribution is 7.85. The van der Waals surface area contributed by atoms with Crippen LogP contribution in [0.1, 0.15) is 25.7 Å². The average Bonchev–Trinajstić information content (AvgIpc) is 2.64. The van der Waals surface area contributed by atoms with Gasteiger partial charge < -0.3 is 42.3 Å². The van der Waals surface area contributed by atoms with E-state index in [2.05, 4.69) is 0 Å². The number of hydrogen-bond acceptors (Lipinski definition) is 11. The van der Waals surface area contributed by atoms with Crippen molar-refractivity contribution < 1.29 is 59.1 Å². The monoisotopic (exact) mass is 528 g/mol. The van der Waals surface area contributed by atoms with E-state index >= 15 is 0 Å². The lowest BCUT2D eigenvalue weighted by Gasteiger charge is -2.30. The molecule has 17 heteroatoms. The van der Waals surface area contributed by atoms with Crippen LogP contribution in [-0.4, -0.2) is 105 Å². The van der Waals surface area contributed by atoms with E-state index in [1.807, 2.05) is 10.6 Å². The van der Waals surface area contributed by atoms with Crippen molar-refractivity contribution in [1.82, 2.24) is 0 Å². The Morgan fingerprint density at radius 3 is 1.32 bits per heavy atom. The van der Waals surface area contributed by atoms with Crippen molar-refractivity contribution in [2.45, 2.75) is 37.8 Å². The maximum Gasteiger partial charge on any atom is 0.490 e. The fourth-order valence-corrected chi connectivity index (χ4v) is 8.90. The van der Waals surface area contributed by atoms with Crippen LogP contribution in [0.25, 0.3) is 0 Å². The summed E-state index contributed by atoms with van der Waals surface area (Å²) in [4.78, 5) is 21.2. The first-order valence-corrected chi connectivity index (χ1v) is 17.1. The van der Waals surface area contributed by atoms with Gasteiger partial charge in [-0.3, -0.25) is 0 Å². The smallest absolute Gasteiger partial charge is 0.490 e. The van der Waals surface area contributed by atoms with Crippen LogP contribution in [0.4, 0.5) is 0 Å². The number of hydrogen-bond donors (Lipinski definition) is 4. The van der Waals surface area contributed by atoms with Crippen molar-refractivity contribution in [1.29, 1.82) is 0 Å². The molecule has 0 aromatic rings.